The first-order valence-electron chi connectivity index (χ1n) is 6.31. The average Bonchev–Trinajstić information content (AvgIpc) is 2.76. The molecule has 0 fully saturated rings. The third-order valence-electron chi connectivity index (χ3n) is 3.13. The Bertz CT molecular complexity index is 592. The fourth-order valence-corrected chi connectivity index (χ4v) is 3.01. The SMILES string of the molecule is CNC(c1c(F)cccc1Cl)c1c(Br)cnn1C(C)C. The zero-order chi connectivity index (χ0) is 14.9. The van der Waals surface area contributed by atoms with Crippen molar-refractivity contribution in [3.05, 3.63) is 51.0 Å². The van der Waals surface area contributed by atoms with Gasteiger partial charge in [-0.05, 0) is 49.0 Å². The zero-order valence-electron chi connectivity index (χ0n) is 11.5. The van der Waals surface area contributed by atoms with Crippen LogP contribution in [-0.2, 0) is 0 Å². The highest BCUT2D eigenvalue weighted by atomic mass is 79.9. The molecule has 0 aliphatic rings. The number of nitrogens with one attached hydrogen (secondary N) is 1. The molecule has 2 aromatic rings. The Labute approximate surface area is 131 Å². The summed E-state index contributed by atoms with van der Waals surface area (Å²) in [7, 11) is 1.78. The molecule has 1 N–H and O–H groups in total. The van der Waals surface area contributed by atoms with Gasteiger partial charge < -0.3 is 5.32 Å². The molecule has 0 spiro atoms. The Morgan fingerprint density at radius 3 is 2.65 bits per heavy atom. The zero-order valence-corrected chi connectivity index (χ0v) is 13.8. The quantitative estimate of drug-likeness (QED) is 0.879. The maximum absolute atomic E-state index is 14.2. The van der Waals surface area contributed by atoms with E-state index in [-0.39, 0.29) is 17.9 Å². The van der Waals surface area contributed by atoms with E-state index in [9.17, 15) is 4.39 Å². The summed E-state index contributed by atoms with van der Waals surface area (Å²) in [5.41, 5.74) is 1.29. The van der Waals surface area contributed by atoms with E-state index in [1.807, 2.05) is 18.5 Å². The van der Waals surface area contributed by atoms with Gasteiger partial charge in [-0.15, -0.1) is 0 Å². The van der Waals surface area contributed by atoms with Gasteiger partial charge in [0.2, 0.25) is 0 Å². The fourth-order valence-electron chi connectivity index (χ4n) is 2.24. The van der Waals surface area contributed by atoms with Crippen molar-refractivity contribution in [3.8, 4) is 0 Å². The molecule has 1 heterocycles. The molecule has 0 amide bonds. The van der Waals surface area contributed by atoms with Crippen molar-refractivity contribution in [2.24, 2.45) is 0 Å². The third kappa shape index (κ3) is 2.75. The van der Waals surface area contributed by atoms with Gasteiger partial charge in [-0.2, -0.15) is 5.10 Å². The topological polar surface area (TPSA) is 29.9 Å². The highest BCUT2D eigenvalue weighted by molar-refractivity contribution is 9.10. The summed E-state index contributed by atoms with van der Waals surface area (Å²) in [5, 5.41) is 7.85. The van der Waals surface area contributed by atoms with Gasteiger partial charge in [-0.1, -0.05) is 17.7 Å². The number of benzene rings is 1. The smallest absolute Gasteiger partial charge is 0.129 e. The van der Waals surface area contributed by atoms with Crippen LogP contribution in [0.2, 0.25) is 5.02 Å². The molecule has 20 heavy (non-hydrogen) atoms. The van der Waals surface area contributed by atoms with E-state index in [0.717, 1.165) is 10.2 Å². The van der Waals surface area contributed by atoms with Crippen molar-refractivity contribution < 1.29 is 4.39 Å². The molecule has 0 radical (unpaired) electrons. The molecule has 0 saturated heterocycles. The first-order valence-corrected chi connectivity index (χ1v) is 7.48. The van der Waals surface area contributed by atoms with E-state index in [1.165, 1.54) is 6.07 Å². The lowest BCUT2D eigenvalue weighted by Crippen LogP contribution is -2.24. The molecule has 0 saturated carbocycles. The summed E-state index contributed by atoms with van der Waals surface area (Å²) in [6.07, 6.45) is 1.72. The van der Waals surface area contributed by atoms with Crippen LogP contribution in [0.25, 0.3) is 0 Å². The maximum atomic E-state index is 14.2. The maximum Gasteiger partial charge on any atom is 0.129 e. The first-order chi connectivity index (χ1) is 9.47. The standard InChI is InChI=1S/C14H16BrClFN3/c1-8(2)20-14(9(15)7-19-20)13(18-3)12-10(16)5-4-6-11(12)17/h4-8,13,18H,1-3H3. The largest absolute Gasteiger partial charge is 0.308 e. The lowest BCUT2D eigenvalue weighted by atomic mass is 10.0. The molecule has 0 bridgehead atoms. The van der Waals surface area contributed by atoms with Crippen LogP contribution in [-0.4, -0.2) is 16.8 Å². The lowest BCUT2D eigenvalue weighted by Gasteiger charge is -2.22. The Hall–Kier alpha value is -0.910. The van der Waals surface area contributed by atoms with Gasteiger partial charge in [0.25, 0.3) is 0 Å². The van der Waals surface area contributed by atoms with Gasteiger partial charge >= 0.3 is 0 Å². The fraction of sp³-hybridized carbons (Fsp3) is 0.357. The summed E-state index contributed by atoms with van der Waals surface area (Å²) < 4.78 is 16.9. The highest BCUT2D eigenvalue weighted by Crippen LogP contribution is 2.34. The van der Waals surface area contributed by atoms with Crippen molar-refractivity contribution in [2.75, 3.05) is 7.05 Å². The van der Waals surface area contributed by atoms with E-state index in [2.05, 4.69) is 26.3 Å². The van der Waals surface area contributed by atoms with Crippen LogP contribution in [0.3, 0.4) is 0 Å². The summed E-state index contributed by atoms with van der Waals surface area (Å²) in [4.78, 5) is 0. The molecule has 1 unspecified atom stereocenters. The predicted molar refractivity (Wildman–Crippen MR) is 82.6 cm³/mol. The van der Waals surface area contributed by atoms with Crippen LogP contribution in [0, 0.1) is 5.82 Å². The molecule has 108 valence electrons. The predicted octanol–water partition coefficient (Wildman–Crippen LogP) is 4.33. The van der Waals surface area contributed by atoms with Crippen LogP contribution in [0.5, 0.6) is 0 Å². The van der Waals surface area contributed by atoms with Crippen molar-refractivity contribution in [3.63, 3.8) is 0 Å². The Morgan fingerprint density at radius 2 is 2.10 bits per heavy atom. The van der Waals surface area contributed by atoms with Crippen LogP contribution < -0.4 is 5.32 Å². The van der Waals surface area contributed by atoms with Gasteiger partial charge in [0.1, 0.15) is 5.82 Å². The first kappa shape index (κ1) is 15.5. The Kier molecular flexibility index (Phi) is 4.83. The van der Waals surface area contributed by atoms with Gasteiger partial charge in [0.05, 0.1) is 22.4 Å². The van der Waals surface area contributed by atoms with E-state index in [0.29, 0.717) is 10.6 Å². The molecular weight excluding hydrogens is 345 g/mol. The van der Waals surface area contributed by atoms with E-state index >= 15 is 0 Å². The summed E-state index contributed by atoms with van der Waals surface area (Å²) in [6.45, 7) is 4.05. The number of aromatic nitrogens is 2. The summed E-state index contributed by atoms with van der Waals surface area (Å²) in [6, 6.07) is 4.49. The molecule has 6 heteroatoms. The van der Waals surface area contributed by atoms with Crippen LogP contribution in [0.15, 0.2) is 28.9 Å². The third-order valence-corrected chi connectivity index (χ3v) is 4.07. The van der Waals surface area contributed by atoms with Crippen LogP contribution >= 0.6 is 27.5 Å². The molecule has 1 atom stereocenters. The average molecular weight is 361 g/mol. The summed E-state index contributed by atoms with van der Waals surface area (Å²) >= 11 is 9.66. The molecule has 1 aromatic carbocycles. The van der Waals surface area contributed by atoms with E-state index in [1.54, 1.807) is 25.4 Å². The monoisotopic (exact) mass is 359 g/mol. The second-order valence-corrected chi connectivity index (χ2v) is 6.03. The number of nitrogens with zero attached hydrogens (tertiary/aromatic N) is 2. The Morgan fingerprint density at radius 1 is 1.40 bits per heavy atom. The molecule has 2 rings (SSSR count). The summed E-state index contributed by atoms with van der Waals surface area (Å²) in [5.74, 6) is -0.333. The molecular formula is C14H16BrClFN3. The Balaban J connectivity index is 2.62. The van der Waals surface area contributed by atoms with Crippen molar-refractivity contribution in [1.29, 1.82) is 0 Å². The normalized spacial score (nSPS) is 12.9. The molecule has 0 aliphatic carbocycles. The van der Waals surface area contributed by atoms with Gasteiger partial charge in [-0.3, -0.25) is 4.68 Å². The minimum atomic E-state index is -0.372. The van der Waals surface area contributed by atoms with E-state index in [4.69, 9.17) is 11.6 Å². The molecule has 0 aliphatic heterocycles. The van der Waals surface area contributed by atoms with Crippen LogP contribution in [0.4, 0.5) is 4.39 Å². The second-order valence-electron chi connectivity index (χ2n) is 4.77. The van der Waals surface area contributed by atoms with Crippen LogP contribution in [0.1, 0.15) is 37.2 Å². The highest BCUT2D eigenvalue weighted by Gasteiger charge is 2.26. The van der Waals surface area contributed by atoms with Crippen molar-refractivity contribution >= 4 is 27.5 Å². The minimum absolute atomic E-state index is 0.165. The second kappa shape index (κ2) is 6.24. The number of rotatable bonds is 4. The number of hydrogen-bond donors (Lipinski definition) is 1. The molecule has 3 nitrogen and oxygen atoms in total. The minimum Gasteiger partial charge on any atom is -0.308 e. The number of hydrogen-bond acceptors (Lipinski definition) is 2. The van der Waals surface area contributed by atoms with Gasteiger partial charge in [-0.25, -0.2) is 4.39 Å². The van der Waals surface area contributed by atoms with Crippen molar-refractivity contribution in [1.82, 2.24) is 15.1 Å². The van der Waals surface area contributed by atoms with Gasteiger partial charge in [0, 0.05) is 16.6 Å². The van der Waals surface area contributed by atoms with Crippen molar-refractivity contribution in [2.45, 2.75) is 25.9 Å². The lowest BCUT2D eigenvalue weighted by molar-refractivity contribution is 0.475. The van der Waals surface area contributed by atoms with Gasteiger partial charge in [0.15, 0.2) is 0 Å². The molecule has 1 aromatic heterocycles. The van der Waals surface area contributed by atoms with E-state index < -0.39 is 0 Å². The number of halogens is 3.